The van der Waals surface area contributed by atoms with Crippen LogP contribution in [0.4, 0.5) is 17.3 Å². The number of ether oxygens (including phenoxy) is 1. The summed E-state index contributed by atoms with van der Waals surface area (Å²) < 4.78 is 8.61. The highest BCUT2D eigenvalue weighted by Gasteiger charge is 2.20. The fourth-order valence-corrected chi connectivity index (χ4v) is 5.27. The minimum absolute atomic E-state index is 0.189. The lowest BCUT2D eigenvalue weighted by molar-refractivity contribution is 0.0810. The summed E-state index contributed by atoms with van der Waals surface area (Å²) in [5, 5.41) is 14.1. The number of piperazine rings is 1. The molecule has 1 fully saturated rings. The largest absolute Gasteiger partial charge is 0.390 e. The molecule has 3 heterocycles. The number of anilines is 3. The van der Waals surface area contributed by atoms with E-state index in [9.17, 15) is 9.90 Å². The molecule has 2 aromatic heterocycles. The summed E-state index contributed by atoms with van der Waals surface area (Å²) in [6.45, 7) is 13.4. The third-order valence-corrected chi connectivity index (χ3v) is 7.24. The lowest BCUT2D eigenvalue weighted by Crippen LogP contribution is -2.47. The number of nitrogens with zero attached hydrogens (tertiary/aromatic N) is 6. The zero-order valence-electron chi connectivity index (χ0n) is 24.1. The van der Waals surface area contributed by atoms with Crippen molar-refractivity contribution in [3.05, 3.63) is 83.3 Å². The topological polar surface area (TPSA) is 101 Å². The van der Waals surface area contributed by atoms with Crippen LogP contribution in [-0.2, 0) is 17.7 Å². The lowest BCUT2D eigenvalue weighted by atomic mass is 9.98. The molecule has 10 nitrogen and oxygen atoms in total. The van der Waals surface area contributed by atoms with Gasteiger partial charge in [-0.1, -0.05) is 18.2 Å². The molecule has 5 rings (SSSR count). The first-order valence-corrected chi connectivity index (χ1v) is 14.0. The van der Waals surface area contributed by atoms with Gasteiger partial charge in [0, 0.05) is 63.8 Å². The van der Waals surface area contributed by atoms with Crippen molar-refractivity contribution in [1.29, 1.82) is 0 Å². The Kier molecular flexibility index (Phi) is 8.53. The van der Waals surface area contributed by atoms with Crippen LogP contribution in [0.5, 0.6) is 0 Å². The van der Waals surface area contributed by atoms with Gasteiger partial charge in [-0.15, -0.1) is 6.58 Å². The Balaban J connectivity index is 1.39. The number of hydrogen-bond donors (Lipinski definition) is 2. The number of aliphatic hydroxyl groups is 1. The molecule has 1 aliphatic rings. The molecular formula is C31H39N7O3. The molecule has 2 N–H and O–H groups in total. The van der Waals surface area contributed by atoms with E-state index in [1.165, 1.54) is 5.69 Å². The van der Waals surface area contributed by atoms with Crippen molar-refractivity contribution >= 4 is 28.4 Å². The summed E-state index contributed by atoms with van der Waals surface area (Å²) in [5.41, 5.74) is 3.22. The molecule has 1 aliphatic heterocycles. The van der Waals surface area contributed by atoms with Crippen LogP contribution in [0.3, 0.4) is 0 Å². The molecule has 41 heavy (non-hydrogen) atoms. The van der Waals surface area contributed by atoms with Crippen LogP contribution < -0.4 is 15.8 Å². The van der Waals surface area contributed by atoms with Gasteiger partial charge in [0.15, 0.2) is 5.65 Å². The fraction of sp³-hybridized carbons (Fsp3) is 0.387. The van der Waals surface area contributed by atoms with Crippen LogP contribution >= 0.6 is 0 Å². The molecule has 2 aromatic carbocycles. The Morgan fingerprint density at radius 3 is 2.54 bits per heavy atom. The summed E-state index contributed by atoms with van der Waals surface area (Å²) in [6, 6.07) is 16.1. The average molecular weight is 558 g/mol. The molecule has 0 unspecified atom stereocenters. The highest BCUT2D eigenvalue weighted by molar-refractivity contribution is 5.77. The molecular weight excluding hydrogens is 518 g/mol. The van der Waals surface area contributed by atoms with Gasteiger partial charge < -0.3 is 20.1 Å². The first-order valence-electron chi connectivity index (χ1n) is 14.0. The molecule has 0 radical (unpaired) electrons. The van der Waals surface area contributed by atoms with Crippen LogP contribution in [0.2, 0.25) is 0 Å². The van der Waals surface area contributed by atoms with Crippen LogP contribution in [0.25, 0.3) is 16.7 Å². The first-order chi connectivity index (χ1) is 19.8. The summed E-state index contributed by atoms with van der Waals surface area (Å²) in [4.78, 5) is 27.3. The van der Waals surface area contributed by atoms with E-state index in [4.69, 9.17) is 9.72 Å². The van der Waals surface area contributed by atoms with E-state index < -0.39 is 5.60 Å². The Morgan fingerprint density at radius 2 is 1.85 bits per heavy atom. The van der Waals surface area contributed by atoms with E-state index in [2.05, 4.69) is 38.8 Å². The number of methoxy groups -OCH3 is 1. The Hall–Kier alpha value is -3.99. The molecule has 0 bridgehead atoms. The smallest absolute Gasteiger partial charge is 0.278 e. The van der Waals surface area contributed by atoms with Crippen LogP contribution in [0.15, 0.2) is 72.2 Å². The van der Waals surface area contributed by atoms with Gasteiger partial charge >= 0.3 is 0 Å². The number of nitrogens with one attached hydrogen (secondary N) is 1. The predicted molar refractivity (Wildman–Crippen MR) is 164 cm³/mol. The molecule has 216 valence electrons. The van der Waals surface area contributed by atoms with E-state index in [0.717, 1.165) is 56.3 Å². The number of hydrogen-bond acceptors (Lipinski definition) is 8. The Labute approximate surface area is 240 Å². The molecule has 0 amide bonds. The van der Waals surface area contributed by atoms with Crippen molar-refractivity contribution in [1.82, 2.24) is 24.2 Å². The first kappa shape index (κ1) is 28.5. The quantitative estimate of drug-likeness (QED) is 0.270. The Morgan fingerprint density at radius 1 is 1.10 bits per heavy atom. The van der Waals surface area contributed by atoms with E-state index >= 15 is 0 Å². The van der Waals surface area contributed by atoms with Crippen molar-refractivity contribution in [2.45, 2.75) is 32.4 Å². The normalized spacial score (nSPS) is 14.5. The standard InChI is InChI=1S/C31H39N7O3/c1-5-13-37-29(39)27-22-32-30(34-28(27)38(37)26-8-6-7-23(20-26)21-31(2,3)40)33-24-9-11-25(12-10-24)36-16-14-35(15-17-36)18-19-41-4/h5-12,20,22,40H,1,13-19,21H2,2-4H3,(H,32,33,34). The lowest BCUT2D eigenvalue weighted by Gasteiger charge is -2.36. The summed E-state index contributed by atoms with van der Waals surface area (Å²) in [5.74, 6) is 0.397. The van der Waals surface area contributed by atoms with E-state index in [1.807, 2.05) is 36.4 Å². The SMILES string of the molecule is C=CCn1c(=O)c2cnc(Nc3ccc(N4CCN(CCOC)CC4)cc3)nc2n1-c1cccc(CC(C)(C)O)c1. The van der Waals surface area contributed by atoms with E-state index in [-0.39, 0.29) is 5.56 Å². The number of aromatic nitrogens is 4. The zero-order valence-corrected chi connectivity index (χ0v) is 24.1. The second-order valence-corrected chi connectivity index (χ2v) is 11.1. The minimum Gasteiger partial charge on any atom is -0.390 e. The maximum Gasteiger partial charge on any atom is 0.278 e. The predicted octanol–water partition coefficient (Wildman–Crippen LogP) is 3.59. The number of allylic oxidation sites excluding steroid dienone is 1. The van der Waals surface area contributed by atoms with Crippen molar-refractivity contribution in [2.75, 3.05) is 56.7 Å². The van der Waals surface area contributed by atoms with Crippen molar-refractivity contribution in [3.63, 3.8) is 0 Å². The molecule has 0 saturated carbocycles. The maximum atomic E-state index is 13.3. The van der Waals surface area contributed by atoms with Crippen molar-refractivity contribution in [2.24, 2.45) is 0 Å². The van der Waals surface area contributed by atoms with Gasteiger partial charge in [-0.3, -0.25) is 9.69 Å². The van der Waals surface area contributed by atoms with Crippen LogP contribution in [0.1, 0.15) is 19.4 Å². The third kappa shape index (κ3) is 6.67. The van der Waals surface area contributed by atoms with Crippen LogP contribution in [-0.4, -0.2) is 81.4 Å². The van der Waals surface area contributed by atoms with E-state index in [1.54, 1.807) is 42.6 Å². The van der Waals surface area contributed by atoms with Gasteiger partial charge in [0.05, 0.1) is 24.4 Å². The monoisotopic (exact) mass is 557 g/mol. The van der Waals surface area contributed by atoms with Crippen LogP contribution in [0, 0.1) is 0 Å². The third-order valence-electron chi connectivity index (χ3n) is 7.24. The Bertz CT molecular complexity index is 1540. The average Bonchev–Trinajstić information content (AvgIpc) is 3.22. The number of benzene rings is 2. The minimum atomic E-state index is -0.856. The highest BCUT2D eigenvalue weighted by Crippen LogP contribution is 2.24. The van der Waals surface area contributed by atoms with E-state index in [0.29, 0.717) is 29.9 Å². The van der Waals surface area contributed by atoms with Crippen molar-refractivity contribution < 1.29 is 9.84 Å². The molecule has 0 spiro atoms. The number of fused-ring (bicyclic) bond motifs is 1. The van der Waals surface area contributed by atoms with Gasteiger partial charge in [0.2, 0.25) is 5.95 Å². The molecule has 0 aliphatic carbocycles. The van der Waals surface area contributed by atoms with Gasteiger partial charge in [0.25, 0.3) is 5.56 Å². The summed E-state index contributed by atoms with van der Waals surface area (Å²) in [7, 11) is 1.74. The van der Waals surface area contributed by atoms with Gasteiger partial charge in [-0.2, -0.15) is 4.98 Å². The van der Waals surface area contributed by atoms with Gasteiger partial charge in [-0.05, 0) is 55.8 Å². The van der Waals surface area contributed by atoms with Gasteiger partial charge in [-0.25, -0.2) is 14.3 Å². The molecule has 0 atom stereocenters. The fourth-order valence-electron chi connectivity index (χ4n) is 5.27. The zero-order chi connectivity index (χ0) is 29.0. The molecule has 1 saturated heterocycles. The maximum absolute atomic E-state index is 13.3. The molecule has 4 aromatic rings. The van der Waals surface area contributed by atoms with Gasteiger partial charge in [0.1, 0.15) is 5.39 Å². The second-order valence-electron chi connectivity index (χ2n) is 11.1. The molecule has 10 heteroatoms. The number of rotatable bonds is 11. The summed E-state index contributed by atoms with van der Waals surface area (Å²) in [6.07, 6.45) is 3.74. The summed E-state index contributed by atoms with van der Waals surface area (Å²) >= 11 is 0. The second kappa shape index (κ2) is 12.3. The van der Waals surface area contributed by atoms with Crippen molar-refractivity contribution in [3.8, 4) is 5.69 Å². The highest BCUT2D eigenvalue weighted by atomic mass is 16.5.